The second kappa shape index (κ2) is 5.98. The van der Waals surface area contributed by atoms with Gasteiger partial charge in [0.1, 0.15) is 0 Å². The molecule has 96 valence electrons. The van der Waals surface area contributed by atoms with E-state index < -0.39 is 0 Å². The van der Waals surface area contributed by atoms with E-state index in [9.17, 15) is 0 Å². The van der Waals surface area contributed by atoms with E-state index in [4.69, 9.17) is 0 Å². The quantitative estimate of drug-likeness (QED) is 0.890. The van der Waals surface area contributed by atoms with Gasteiger partial charge in [-0.15, -0.1) is 11.3 Å². The fourth-order valence-electron chi connectivity index (χ4n) is 2.43. The van der Waals surface area contributed by atoms with E-state index >= 15 is 0 Å². The third-order valence-corrected chi connectivity index (χ3v) is 4.89. The smallest absolute Gasteiger partial charge is 0.0302 e. The Kier molecular flexibility index (Phi) is 4.60. The highest BCUT2D eigenvalue weighted by molar-refractivity contribution is 7.12. The zero-order valence-corrected chi connectivity index (χ0v) is 12.1. The van der Waals surface area contributed by atoms with Crippen molar-refractivity contribution in [2.24, 2.45) is 0 Å². The summed E-state index contributed by atoms with van der Waals surface area (Å²) in [5.74, 6) is 0. The van der Waals surface area contributed by atoms with Gasteiger partial charge in [0.15, 0.2) is 0 Å². The maximum absolute atomic E-state index is 3.72. The Morgan fingerprint density at radius 3 is 2.88 bits per heavy atom. The number of aryl methyl sites for hydroxylation is 2. The van der Waals surface area contributed by atoms with Crippen molar-refractivity contribution in [2.75, 3.05) is 20.1 Å². The van der Waals surface area contributed by atoms with Crippen molar-refractivity contribution in [3.63, 3.8) is 0 Å². The highest BCUT2D eigenvalue weighted by Crippen LogP contribution is 2.21. The molecule has 1 fully saturated rings. The van der Waals surface area contributed by atoms with Crippen molar-refractivity contribution in [3.8, 4) is 0 Å². The van der Waals surface area contributed by atoms with Crippen LogP contribution in [0.25, 0.3) is 0 Å². The van der Waals surface area contributed by atoms with Crippen LogP contribution in [0.3, 0.4) is 0 Å². The van der Waals surface area contributed by atoms with Gasteiger partial charge < -0.3 is 10.2 Å². The van der Waals surface area contributed by atoms with E-state index in [1.54, 1.807) is 0 Å². The summed E-state index contributed by atoms with van der Waals surface area (Å²) >= 11 is 1.94. The van der Waals surface area contributed by atoms with Crippen LogP contribution in [-0.4, -0.2) is 31.1 Å². The van der Waals surface area contributed by atoms with Crippen molar-refractivity contribution >= 4 is 11.3 Å². The fraction of sp³-hybridized carbons (Fsp3) is 0.714. The highest BCUT2D eigenvalue weighted by Gasteiger charge is 2.14. The minimum absolute atomic E-state index is 0.711. The van der Waals surface area contributed by atoms with Crippen LogP contribution in [0.2, 0.25) is 0 Å². The van der Waals surface area contributed by atoms with Crippen molar-refractivity contribution < 1.29 is 0 Å². The van der Waals surface area contributed by atoms with Gasteiger partial charge in [0.2, 0.25) is 0 Å². The molecule has 2 rings (SSSR count). The van der Waals surface area contributed by atoms with Gasteiger partial charge in [0.05, 0.1) is 0 Å². The van der Waals surface area contributed by atoms with Crippen LogP contribution in [0.1, 0.15) is 34.6 Å². The molecule has 0 bridgehead atoms. The average Bonchev–Trinajstić information content (AvgIpc) is 2.50. The van der Waals surface area contributed by atoms with Gasteiger partial charge in [0, 0.05) is 22.3 Å². The lowest BCUT2D eigenvalue weighted by molar-refractivity contribution is 0.343. The molecule has 17 heavy (non-hydrogen) atoms. The number of hydrogen-bond donors (Lipinski definition) is 1. The first-order valence-corrected chi connectivity index (χ1v) is 7.44. The summed E-state index contributed by atoms with van der Waals surface area (Å²) < 4.78 is 0. The molecule has 1 saturated heterocycles. The number of nitrogens with zero attached hydrogens (tertiary/aromatic N) is 1. The van der Waals surface area contributed by atoms with Gasteiger partial charge in [-0.05, 0) is 64.9 Å². The molecule has 0 spiro atoms. The van der Waals surface area contributed by atoms with Gasteiger partial charge in [-0.1, -0.05) is 0 Å². The van der Waals surface area contributed by atoms with Crippen LogP contribution >= 0.6 is 11.3 Å². The summed E-state index contributed by atoms with van der Waals surface area (Å²) in [7, 11) is 2.23. The number of nitrogens with one attached hydrogen (secondary N) is 1. The number of thiophene rings is 1. The van der Waals surface area contributed by atoms with Crippen LogP contribution in [0.5, 0.6) is 0 Å². The van der Waals surface area contributed by atoms with Gasteiger partial charge >= 0.3 is 0 Å². The third kappa shape index (κ3) is 3.80. The van der Waals surface area contributed by atoms with E-state index in [1.165, 1.54) is 47.7 Å². The molecule has 0 aromatic carbocycles. The second-order valence-electron chi connectivity index (χ2n) is 5.26. The van der Waals surface area contributed by atoms with Crippen LogP contribution in [0.15, 0.2) is 6.07 Å². The molecule has 0 saturated carbocycles. The Bertz CT molecular complexity index is 340. The van der Waals surface area contributed by atoms with E-state index in [0.717, 1.165) is 6.54 Å². The van der Waals surface area contributed by atoms with E-state index in [2.05, 4.69) is 37.2 Å². The van der Waals surface area contributed by atoms with Crippen molar-refractivity contribution in [1.29, 1.82) is 0 Å². The molecule has 0 aliphatic carbocycles. The fourth-order valence-corrected chi connectivity index (χ4v) is 3.43. The number of likely N-dealkylation sites (tertiary alicyclic amines) is 1. The van der Waals surface area contributed by atoms with Gasteiger partial charge in [-0.2, -0.15) is 0 Å². The lowest BCUT2D eigenvalue weighted by Crippen LogP contribution is -2.29. The lowest BCUT2D eigenvalue weighted by atomic mass is 10.1. The first-order valence-electron chi connectivity index (χ1n) is 6.63. The zero-order valence-electron chi connectivity index (χ0n) is 11.3. The van der Waals surface area contributed by atoms with Crippen LogP contribution in [0, 0.1) is 13.8 Å². The predicted molar refractivity (Wildman–Crippen MR) is 75.8 cm³/mol. The number of rotatable bonds is 3. The normalized spacial score (nSPS) is 22.6. The Labute approximate surface area is 109 Å². The molecule has 0 amide bonds. The zero-order chi connectivity index (χ0) is 12.3. The Morgan fingerprint density at radius 1 is 1.35 bits per heavy atom. The first-order chi connectivity index (χ1) is 8.15. The summed E-state index contributed by atoms with van der Waals surface area (Å²) in [6.07, 6.45) is 3.95. The molecule has 1 N–H and O–H groups in total. The number of hydrogen-bond acceptors (Lipinski definition) is 3. The van der Waals surface area contributed by atoms with E-state index in [1.807, 2.05) is 11.3 Å². The molecule has 1 unspecified atom stereocenters. The highest BCUT2D eigenvalue weighted by atomic mass is 32.1. The van der Waals surface area contributed by atoms with Crippen LogP contribution in [0.4, 0.5) is 0 Å². The molecule has 1 aromatic rings. The predicted octanol–water partition coefficient (Wildman–Crippen LogP) is 2.94. The molecular weight excluding hydrogens is 228 g/mol. The molecule has 2 heterocycles. The molecular formula is C14H24N2S. The molecule has 1 atom stereocenters. The van der Waals surface area contributed by atoms with Gasteiger partial charge in [-0.3, -0.25) is 0 Å². The van der Waals surface area contributed by atoms with Crippen molar-refractivity contribution in [3.05, 3.63) is 21.4 Å². The van der Waals surface area contributed by atoms with Gasteiger partial charge in [-0.25, -0.2) is 0 Å². The average molecular weight is 252 g/mol. The Balaban J connectivity index is 1.81. The standard InChI is InChI=1S/C14H24N2S/c1-11-9-14(17-12(11)2)10-15-13-5-4-7-16(3)8-6-13/h9,13,15H,4-8,10H2,1-3H3. The first kappa shape index (κ1) is 13.1. The minimum Gasteiger partial charge on any atom is -0.309 e. The maximum Gasteiger partial charge on any atom is 0.0302 e. The molecule has 0 radical (unpaired) electrons. The minimum atomic E-state index is 0.711. The molecule has 1 aliphatic rings. The molecule has 1 aromatic heterocycles. The summed E-state index contributed by atoms with van der Waals surface area (Å²) in [5, 5.41) is 3.72. The maximum atomic E-state index is 3.72. The van der Waals surface area contributed by atoms with Crippen LogP contribution < -0.4 is 5.32 Å². The van der Waals surface area contributed by atoms with Crippen molar-refractivity contribution in [1.82, 2.24) is 10.2 Å². The summed E-state index contributed by atoms with van der Waals surface area (Å²) in [5.41, 5.74) is 1.44. The Hall–Kier alpha value is -0.380. The molecule has 2 nitrogen and oxygen atoms in total. The van der Waals surface area contributed by atoms with Crippen molar-refractivity contribution in [2.45, 2.75) is 45.7 Å². The summed E-state index contributed by atoms with van der Waals surface area (Å²) in [4.78, 5) is 5.39. The Morgan fingerprint density at radius 2 is 2.18 bits per heavy atom. The molecule has 1 aliphatic heterocycles. The second-order valence-corrected chi connectivity index (χ2v) is 6.60. The third-order valence-electron chi connectivity index (χ3n) is 3.73. The van der Waals surface area contributed by atoms with Crippen LogP contribution in [-0.2, 0) is 6.54 Å². The lowest BCUT2D eigenvalue weighted by Gasteiger charge is -2.16. The SMILES string of the molecule is Cc1cc(CNC2CCCN(C)CC2)sc1C. The van der Waals surface area contributed by atoms with E-state index in [0.29, 0.717) is 6.04 Å². The summed E-state index contributed by atoms with van der Waals surface area (Å²) in [6.45, 7) is 7.96. The molecule has 3 heteroatoms. The summed E-state index contributed by atoms with van der Waals surface area (Å²) in [6, 6.07) is 3.04. The van der Waals surface area contributed by atoms with Gasteiger partial charge in [0.25, 0.3) is 0 Å². The largest absolute Gasteiger partial charge is 0.309 e. The van der Waals surface area contributed by atoms with E-state index in [-0.39, 0.29) is 0 Å². The monoisotopic (exact) mass is 252 g/mol. The topological polar surface area (TPSA) is 15.3 Å².